The van der Waals surface area contributed by atoms with Crippen molar-refractivity contribution >= 4 is 5.97 Å². The maximum absolute atomic E-state index is 11.9. The number of aromatic nitrogens is 1. The van der Waals surface area contributed by atoms with Crippen LogP contribution in [0.15, 0.2) is 48.5 Å². The highest BCUT2D eigenvalue weighted by atomic mass is 16.5. The standard InChI is InChI=1S/C16H17NO2/c1-12(2)14-9-6-10-15(17-14)16(18)19-11-13-7-4-3-5-8-13/h3-10,12H,11H2,1-2H3. The molecule has 2 rings (SSSR count). The largest absolute Gasteiger partial charge is 0.456 e. The summed E-state index contributed by atoms with van der Waals surface area (Å²) < 4.78 is 5.25. The van der Waals surface area contributed by atoms with Crippen molar-refractivity contribution in [3.63, 3.8) is 0 Å². The van der Waals surface area contributed by atoms with E-state index in [-0.39, 0.29) is 12.6 Å². The number of hydrogen-bond donors (Lipinski definition) is 0. The van der Waals surface area contributed by atoms with Gasteiger partial charge < -0.3 is 4.74 Å². The van der Waals surface area contributed by atoms with E-state index in [4.69, 9.17) is 4.74 Å². The summed E-state index contributed by atoms with van der Waals surface area (Å²) in [5.41, 5.74) is 2.23. The Morgan fingerprint density at radius 2 is 1.84 bits per heavy atom. The van der Waals surface area contributed by atoms with Gasteiger partial charge >= 0.3 is 5.97 Å². The van der Waals surface area contributed by atoms with E-state index in [1.807, 2.05) is 56.3 Å². The number of esters is 1. The molecule has 0 fully saturated rings. The van der Waals surface area contributed by atoms with E-state index in [0.717, 1.165) is 11.3 Å². The maximum Gasteiger partial charge on any atom is 0.357 e. The van der Waals surface area contributed by atoms with E-state index in [9.17, 15) is 4.79 Å². The number of carbonyl (C=O) groups is 1. The van der Waals surface area contributed by atoms with Gasteiger partial charge in [0.2, 0.25) is 0 Å². The van der Waals surface area contributed by atoms with Gasteiger partial charge in [-0.2, -0.15) is 0 Å². The Bertz CT molecular complexity index is 550. The molecule has 0 saturated heterocycles. The van der Waals surface area contributed by atoms with Crippen LogP contribution in [0.1, 0.15) is 41.5 Å². The van der Waals surface area contributed by atoms with Crippen LogP contribution < -0.4 is 0 Å². The van der Waals surface area contributed by atoms with Crippen LogP contribution in [0.25, 0.3) is 0 Å². The summed E-state index contributed by atoms with van der Waals surface area (Å²) in [7, 11) is 0. The molecule has 19 heavy (non-hydrogen) atoms. The zero-order valence-corrected chi connectivity index (χ0v) is 11.2. The second kappa shape index (κ2) is 6.14. The predicted molar refractivity (Wildman–Crippen MR) is 73.9 cm³/mol. The lowest BCUT2D eigenvalue weighted by molar-refractivity contribution is 0.0465. The number of benzene rings is 1. The molecule has 1 heterocycles. The van der Waals surface area contributed by atoms with E-state index in [0.29, 0.717) is 11.6 Å². The fourth-order valence-corrected chi connectivity index (χ4v) is 1.68. The van der Waals surface area contributed by atoms with Crippen LogP contribution in [0.2, 0.25) is 0 Å². The van der Waals surface area contributed by atoms with Crippen molar-refractivity contribution in [1.29, 1.82) is 0 Å². The van der Waals surface area contributed by atoms with Crippen LogP contribution in [0.5, 0.6) is 0 Å². The van der Waals surface area contributed by atoms with Gasteiger partial charge in [-0.3, -0.25) is 0 Å². The molecule has 0 aliphatic carbocycles. The molecule has 0 N–H and O–H groups in total. The first-order valence-corrected chi connectivity index (χ1v) is 6.35. The highest BCUT2D eigenvalue weighted by Gasteiger charge is 2.10. The molecule has 0 aliphatic heterocycles. The lowest BCUT2D eigenvalue weighted by atomic mass is 10.1. The van der Waals surface area contributed by atoms with E-state index < -0.39 is 0 Å². The topological polar surface area (TPSA) is 39.2 Å². The number of hydrogen-bond acceptors (Lipinski definition) is 3. The monoisotopic (exact) mass is 255 g/mol. The average Bonchev–Trinajstić information content (AvgIpc) is 2.46. The predicted octanol–water partition coefficient (Wildman–Crippen LogP) is 3.56. The molecule has 1 aromatic heterocycles. The maximum atomic E-state index is 11.9. The lowest BCUT2D eigenvalue weighted by Crippen LogP contribution is -2.09. The van der Waals surface area contributed by atoms with E-state index in [1.54, 1.807) is 6.07 Å². The molecule has 0 unspecified atom stereocenters. The molecule has 0 atom stereocenters. The zero-order chi connectivity index (χ0) is 13.7. The van der Waals surface area contributed by atoms with Crippen molar-refractivity contribution in [3.8, 4) is 0 Å². The number of carbonyl (C=O) groups excluding carboxylic acids is 1. The molecule has 0 saturated carbocycles. The highest BCUT2D eigenvalue weighted by Crippen LogP contribution is 2.12. The van der Waals surface area contributed by atoms with Gasteiger partial charge in [-0.05, 0) is 23.6 Å². The zero-order valence-electron chi connectivity index (χ0n) is 11.2. The first-order valence-electron chi connectivity index (χ1n) is 6.35. The molecular formula is C16H17NO2. The molecule has 0 aliphatic rings. The average molecular weight is 255 g/mol. The minimum atomic E-state index is -0.383. The molecule has 0 radical (unpaired) electrons. The first-order chi connectivity index (χ1) is 9.16. The Morgan fingerprint density at radius 3 is 2.53 bits per heavy atom. The summed E-state index contributed by atoms with van der Waals surface area (Å²) in [5, 5.41) is 0. The van der Waals surface area contributed by atoms with Crippen LogP contribution in [-0.4, -0.2) is 11.0 Å². The number of nitrogens with zero attached hydrogens (tertiary/aromatic N) is 1. The molecular weight excluding hydrogens is 238 g/mol. The smallest absolute Gasteiger partial charge is 0.357 e. The normalized spacial score (nSPS) is 10.5. The van der Waals surface area contributed by atoms with Crippen molar-refractivity contribution in [2.75, 3.05) is 0 Å². The second-order valence-electron chi connectivity index (χ2n) is 4.66. The van der Waals surface area contributed by atoms with Gasteiger partial charge in [0.25, 0.3) is 0 Å². The van der Waals surface area contributed by atoms with E-state index >= 15 is 0 Å². The summed E-state index contributed by atoms with van der Waals surface area (Å²) in [6.07, 6.45) is 0. The van der Waals surface area contributed by atoms with E-state index in [2.05, 4.69) is 4.98 Å². The van der Waals surface area contributed by atoms with Gasteiger partial charge in [-0.25, -0.2) is 9.78 Å². The minimum absolute atomic E-state index is 0.271. The molecule has 98 valence electrons. The number of ether oxygens (including phenoxy) is 1. The lowest BCUT2D eigenvalue weighted by Gasteiger charge is -2.07. The second-order valence-corrected chi connectivity index (χ2v) is 4.66. The molecule has 3 nitrogen and oxygen atoms in total. The third-order valence-corrected chi connectivity index (χ3v) is 2.78. The van der Waals surface area contributed by atoms with Crippen LogP contribution in [-0.2, 0) is 11.3 Å². The Balaban J connectivity index is 2.02. The summed E-state index contributed by atoms with van der Waals surface area (Å²) >= 11 is 0. The van der Waals surface area contributed by atoms with Gasteiger partial charge in [0.1, 0.15) is 12.3 Å². The van der Waals surface area contributed by atoms with Gasteiger partial charge in [-0.1, -0.05) is 50.2 Å². The van der Waals surface area contributed by atoms with Crippen LogP contribution in [0, 0.1) is 0 Å². The Hall–Kier alpha value is -2.16. The fraction of sp³-hybridized carbons (Fsp3) is 0.250. The Kier molecular flexibility index (Phi) is 4.29. The van der Waals surface area contributed by atoms with Crippen molar-refractivity contribution in [2.45, 2.75) is 26.4 Å². The van der Waals surface area contributed by atoms with Crippen molar-refractivity contribution in [1.82, 2.24) is 4.98 Å². The molecule has 0 bridgehead atoms. The van der Waals surface area contributed by atoms with Crippen molar-refractivity contribution in [3.05, 3.63) is 65.5 Å². The first kappa shape index (κ1) is 13.3. The van der Waals surface area contributed by atoms with Gasteiger partial charge in [0.05, 0.1) is 0 Å². The molecule has 1 aromatic carbocycles. The molecule has 3 heteroatoms. The molecule has 2 aromatic rings. The minimum Gasteiger partial charge on any atom is -0.456 e. The molecule has 0 amide bonds. The number of rotatable bonds is 4. The summed E-state index contributed by atoms with van der Waals surface area (Å²) in [6.45, 7) is 4.36. The Morgan fingerprint density at radius 1 is 1.11 bits per heavy atom. The number of pyridine rings is 1. The van der Waals surface area contributed by atoms with Gasteiger partial charge in [0, 0.05) is 5.69 Å². The summed E-state index contributed by atoms with van der Waals surface area (Å²) in [6, 6.07) is 15.0. The van der Waals surface area contributed by atoms with Gasteiger partial charge in [-0.15, -0.1) is 0 Å². The fourth-order valence-electron chi connectivity index (χ4n) is 1.68. The quantitative estimate of drug-likeness (QED) is 0.784. The van der Waals surface area contributed by atoms with Crippen molar-refractivity contribution < 1.29 is 9.53 Å². The third-order valence-electron chi connectivity index (χ3n) is 2.78. The third kappa shape index (κ3) is 3.65. The van der Waals surface area contributed by atoms with Gasteiger partial charge in [0.15, 0.2) is 0 Å². The van der Waals surface area contributed by atoms with Crippen molar-refractivity contribution in [2.24, 2.45) is 0 Å². The SMILES string of the molecule is CC(C)c1cccc(C(=O)OCc2ccccc2)n1. The molecule has 0 spiro atoms. The van der Waals surface area contributed by atoms with Crippen LogP contribution in [0.4, 0.5) is 0 Å². The van der Waals surface area contributed by atoms with Crippen LogP contribution in [0.3, 0.4) is 0 Å². The van der Waals surface area contributed by atoms with E-state index in [1.165, 1.54) is 0 Å². The van der Waals surface area contributed by atoms with Crippen LogP contribution >= 0.6 is 0 Å². The summed E-state index contributed by atoms with van der Waals surface area (Å²) in [4.78, 5) is 16.2. The Labute approximate surface area is 113 Å². The summed E-state index contributed by atoms with van der Waals surface area (Å²) in [5.74, 6) is -0.0896. The highest BCUT2D eigenvalue weighted by molar-refractivity contribution is 5.87.